The third-order valence-electron chi connectivity index (χ3n) is 4.40. The van der Waals surface area contributed by atoms with Crippen LogP contribution in [0.1, 0.15) is 29.0 Å². The molecule has 2 amide bonds. The van der Waals surface area contributed by atoms with Crippen molar-refractivity contribution < 1.29 is 18.7 Å². The normalized spacial score (nSPS) is 17.5. The summed E-state index contributed by atoms with van der Waals surface area (Å²) in [6, 6.07) is 5.12. The predicted octanol–water partition coefficient (Wildman–Crippen LogP) is 2.10. The van der Waals surface area contributed by atoms with Gasteiger partial charge in [-0.05, 0) is 25.8 Å². The van der Waals surface area contributed by atoms with Gasteiger partial charge in [-0.1, -0.05) is 12.1 Å². The van der Waals surface area contributed by atoms with E-state index in [1.54, 1.807) is 25.1 Å². The number of ether oxygens (including phenoxy) is 1. The number of likely N-dealkylation sites (tertiary alicyclic amines) is 1. The fourth-order valence-electron chi connectivity index (χ4n) is 3.16. The van der Waals surface area contributed by atoms with Gasteiger partial charge in [-0.3, -0.25) is 9.59 Å². The third kappa shape index (κ3) is 2.44. The Morgan fingerprint density at radius 3 is 2.87 bits per heavy atom. The summed E-state index contributed by atoms with van der Waals surface area (Å²) < 4.78 is 11.1. The molecule has 0 radical (unpaired) electrons. The van der Waals surface area contributed by atoms with Crippen LogP contribution in [0.4, 0.5) is 0 Å². The van der Waals surface area contributed by atoms with E-state index in [0.717, 1.165) is 17.4 Å². The molecule has 2 heterocycles. The maximum atomic E-state index is 12.9. The molecule has 3 rings (SSSR count). The highest BCUT2D eigenvalue weighted by Gasteiger charge is 2.36. The van der Waals surface area contributed by atoms with E-state index in [2.05, 4.69) is 5.32 Å². The highest BCUT2D eigenvalue weighted by atomic mass is 16.5. The molecule has 6 nitrogen and oxygen atoms in total. The lowest BCUT2D eigenvalue weighted by Crippen LogP contribution is -2.44. The summed E-state index contributed by atoms with van der Waals surface area (Å²) in [7, 11) is 3.15. The Morgan fingerprint density at radius 1 is 1.39 bits per heavy atom. The van der Waals surface area contributed by atoms with Gasteiger partial charge in [0.2, 0.25) is 5.91 Å². The molecule has 1 saturated heterocycles. The smallest absolute Gasteiger partial charge is 0.290 e. The van der Waals surface area contributed by atoms with E-state index in [1.165, 1.54) is 0 Å². The van der Waals surface area contributed by atoms with Gasteiger partial charge in [-0.15, -0.1) is 0 Å². The van der Waals surface area contributed by atoms with E-state index < -0.39 is 6.04 Å². The summed E-state index contributed by atoms with van der Waals surface area (Å²) in [5, 5.41) is 3.47. The standard InChI is InChI=1S/C17H20N2O4/c1-10-11-6-4-8-13(22-3)15(11)23-14(10)17(21)19-9-5-7-12(19)16(20)18-2/h4,6,8,12H,5,7,9H2,1-3H3,(H,18,20)/t12-/m0/s1. The number of aryl methyl sites for hydroxylation is 1. The van der Waals surface area contributed by atoms with E-state index in [0.29, 0.717) is 24.3 Å². The highest BCUT2D eigenvalue weighted by Crippen LogP contribution is 2.33. The molecular weight excluding hydrogens is 296 g/mol. The number of likely N-dealkylation sites (N-methyl/N-ethyl adjacent to an activating group) is 1. The molecule has 1 aromatic carbocycles. The maximum Gasteiger partial charge on any atom is 0.290 e. The predicted molar refractivity (Wildman–Crippen MR) is 85.6 cm³/mol. The minimum Gasteiger partial charge on any atom is -0.493 e. The monoisotopic (exact) mass is 316 g/mol. The van der Waals surface area contributed by atoms with Gasteiger partial charge in [-0.25, -0.2) is 0 Å². The molecular formula is C17H20N2O4. The molecule has 0 unspecified atom stereocenters. The molecule has 0 spiro atoms. The quantitative estimate of drug-likeness (QED) is 0.941. The van der Waals surface area contributed by atoms with Crippen molar-refractivity contribution >= 4 is 22.8 Å². The Kier molecular flexibility index (Phi) is 3.98. The summed E-state index contributed by atoms with van der Waals surface area (Å²) in [6.45, 7) is 2.41. The first-order valence-corrected chi connectivity index (χ1v) is 7.67. The zero-order valence-corrected chi connectivity index (χ0v) is 13.5. The van der Waals surface area contributed by atoms with Gasteiger partial charge < -0.3 is 19.4 Å². The van der Waals surface area contributed by atoms with Crippen molar-refractivity contribution in [3.05, 3.63) is 29.5 Å². The minimum atomic E-state index is -0.429. The SMILES string of the molecule is CNC(=O)[C@@H]1CCCN1C(=O)c1oc2c(OC)cccc2c1C. The summed E-state index contributed by atoms with van der Waals surface area (Å²) in [4.78, 5) is 26.4. The minimum absolute atomic E-state index is 0.137. The van der Waals surface area contributed by atoms with Crippen molar-refractivity contribution in [2.45, 2.75) is 25.8 Å². The molecule has 122 valence electrons. The largest absolute Gasteiger partial charge is 0.493 e. The second kappa shape index (κ2) is 5.95. The van der Waals surface area contributed by atoms with Crippen molar-refractivity contribution in [2.24, 2.45) is 0 Å². The van der Waals surface area contributed by atoms with Crippen molar-refractivity contribution in [3.63, 3.8) is 0 Å². The van der Waals surface area contributed by atoms with Crippen LogP contribution in [0, 0.1) is 6.92 Å². The Labute approximate surface area is 134 Å². The number of amides is 2. The molecule has 23 heavy (non-hydrogen) atoms. The van der Waals surface area contributed by atoms with Crippen molar-refractivity contribution in [1.29, 1.82) is 0 Å². The number of nitrogens with one attached hydrogen (secondary N) is 1. The second-order valence-corrected chi connectivity index (χ2v) is 5.66. The van der Waals surface area contributed by atoms with Crippen LogP contribution >= 0.6 is 0 Å². The number of carbonyl (C=O) groups is 2. The zero-order chi connectivity index (χ0) is 16.6. The fraction of sp³-hybridized carbons (Fsp3) is 0.412. The third-order valence-corrected chi connectivity index (χ3v) is 4.40. The van der Waals surface area contributed by atoms with E-state index in [-0.39, 0.29) is 17.6 Å². The first-order valence-electron chi connectivity index (χ1n) is 7.67. The first-order chi connectivity index (χ1) is 11.1. The number of benzene rings is 1. The molecule has 6 heteroatoms. The van der Waals surface area contributed by atoms with Crippen LogP contribution in [-0.4, -0.2) is 43.5 Å². The van der Waals surface area contributed by atoms with E-state index in [9.17, 15) is 9.59 Å². The average molecular weight is 316 g/mol. The number of para-hydroxylation sites is 1. The number of nitrogens with zero attached hydrogens (tertiary/aromatic N) is 1. The molecule has 0 bridgehead atoms. The van der Waals surface area contributed by atoms with Crippen LogP contribution < -0.4 is 10.1 Å². The topological polar surface area (TPSA) is 71.8 Å². The number of hydrogen-bond donors (Lipinski definition) is 1. The molecule has 1 fully saturated rings. The van der Waals surface area contributed by atoms with Gasteiger partial charge in [-0.2, -0.15) is 0 Å². The van der Waals surface area contributed by atoms with Gasteiger partial charge in [0, 0.05) is 24.5 Å². The molecule has 1 aliphatic rings. The number of carbonyl (C=O) groups excluding carboxylic acids is 2. The van der Waals surface area contributed by atoms with Crippen LogP contribution in [-0.2, 0) is 4.79 Å². The lowest BCUT2D eigenvalue weighted by atomic mass is 10.1. The van der Waals surface area contributed by atoms with E-state index >= 15 is 0 Å². The lowest BCUT2D eigenvalue weighted by molar-refractivity contribution is -0.124. The lowest BCUT2D eigenvalue weighted by Gasteiger charge is -2.22. The molecule has 1 aromatic heterocycles. The molecule has 0 saturated carbocycles. The molecule has 2 aromatic rings. The van der Waals surface area contributed by atoms with Crippen LogP contribution in [0.3, 0.4) is 0 Å². The Hall–Kier alpha value is -2.50. The van der Waals surface area contributed by atoms with Crippen LogP contribution in [0.25, 0.3) is 11.0 Å². The molecule has 1 N–H and O–H groups in total. The van der Waals surface area contributed by atoms with E-state index in [1.807, 2.05) is 19.1 Å². The summed E-state index contributed by atoms with van der Waals surface area (Å²) in [5.41, 5.74) is 1.33. The van der Waals surface area contributed by atoms with E-state index in [4.69, 9.17) is 9.15 Å². The van der Waals surface area contributed by atoms with Gasteiger partial charge in [0.15, 0.2) is 17.1 Å². The Balaban J connectivity index is 2.01. The van der Waals surface area contributed by atoms with Gasteiger partial charge in [0.05, 0.1) is 7.11 Å². The van der Waals surface area contributed by atoms with Gasteiger partial charge in [0.1, 0.15) is 6.04 Å². The van der Waals surface area contributed by atoms with Crippen molar-refractivity contribution in [2.75, 3.05) is 20.7 Å². The van der Waals surface area contributed by atoms with Crippen LogP contribution in [0.2, 0.25) is 0 Å². The maximum absolute atomic E-state index is 12.9. The number of rotatable bonds is 3. The Bertz CT molecular complexity index is 765. The van der Waals surface area contributed by atoms with Gasteiger partial charge >= 0.3 is 0 Å². The molecule has 0 aliphatic carbocycles. The van der Waals surface area contributed by atoms with Crippen molar-refractivity contribution in [3.8, 4) is 5.75 Å². The van der Waals surface area contributed by atoms with Crippen LogP contribution in [0.15, 0.2) is 22.6 Å². The second-order valence-electron chi connectivity index (χ2n) is 5.66. The van der Waals surface area contributed by atoms with Crippen molar-refractivity contribution in [1.82, 2.24) is 10.2 Å². The number of furan rings is 1. The molecule has 1 aliphatic heterocycles. The summed E-state index contributed by atoms with van der Waals surface area (Å²) >= 11 is 0. The van der Waals surface area contributed by atoms with Crippen LogP contribution in [0.5, 0.6) is 5.75 Å². The first kappa shape index (κ1) is 15.4. The highest BCUT2D eigenvalue weighted by molar-refractivity contribution is 6.02. The number of fused-ring (bicyclic) bond motifs is 1. The zero-order valence-electron chi connectivity index (χ0n) is 13.5. The van der Waals surface area contributed by atoms with Gasteiger partial charge in [0.25, 0.3) is 5.91 Å². The fourth-order valence-corrected chi connectivity index (χ4v) is 3.16. The number of methoxy groups -OCH3 is 1. The average Bonchev–Trinajstić information content (AvgIpc) is 3.18. The number of hydrogen-bond acceptors (Lipinski definition) is 4. The summed E-state index contributed by atoms with van der Waals surface area (Å²) in [6.07, 6.45) is 1.49. The summed E-state index contributed by atoms with van der Waals surface area (Å²) in [5.74, 6) is 0.489. The molecule has 1 atom stereocenters. The Morgan fingerprint density at radius 2 is 2.17 bits per heavy atom.